The van der Waals surface area contributed by atoms with Gasteiger partial charge in [-0.2, -0.15) is 0 Å². The monoisotopic (exact) mass is 434 g/mol. The van der Waals surface area contributed by atoms with Crippen molar-refractivity contribution >= 4 is 44.6 Å². The molecule has 1 heterocycles. The summed E-state index contributed by atoms with van der Waals surface area (Å²) in [5, 5.41) is 3.26. The Kier molecular flexibility index (Phi) is 6.00. The molecule has 0 saturated carbocycles. The van der Waals surface area contributed by atoms with E-state index in [4.69, 9.17) is 11.6 Å². The van der Waals surface area contributed by atoms with Gasteiger partial charge in [-0.1, -0.05) is 50.1 Å². The summed E-state index contributed by atoms with van der Waals surface area (Å²) in [6, 6.07) is 10.8. The van der Waals surface area contributed by atoms with Crippen LogP contribution < -0.4 is 10.2 Å². The number of benzene rings is 2. The molecule has 1 N–H and O–H groups in total. The predicted molar refractivity (Wildman–Crippen MR) is 114 cm³/mol. The number of carbonyl (C=O) groups is 2. The van der Waals surface area contributed by atoms with Crippen LogP contribution in [0.3, 0.4) is 0 Å². The number of halogens is 1. The Labute approximate surface area is 175 Å². The first-order valence-electron chi connectivity index (χ1n) is 9.34. The second-order valence-corrected chi connectivity index (χ2v) is 9.73. The van der Waals surface area contributed by atoms with Gasteiger partial charge in [0.1, 0.15) is 6.04 Å². The molecule has 0 fully saturated rings. The first kappa shape index (κ1) is 21.3. The molecule has 154 valence electrons. The van der Waals surface area contributed by atoms with E-state index in [2.05, 4.69) is 5.32 Å². The zero-order valence-corrected chi connectivity index (χ0v) is 18.0. The van der Waals surface area contributed by atoms with E-state index in [9.17, 15) is 18.0 Å². The minimum atomic E-state index is -3.45. The maximum absolute atomic E-state index is 13.3. The van der Waals surface area contributed by atoms with Gasteiger partial charge in [0.25, 0.3) is 0 Å². The normalized spacial score (nSPS) is 17.4. The Morgan fingerprint density at radius 3 is 2.55 bits per heavy atom. The van der Waals surface area contributed by atoms with E-state index < -0.39 is 15.9 Å². The van der Waals surface area contributed by atoms with E-state index in [1.165, 1.54) is 17.0 Å². The summed E-state index contributed by atoms with van der Waals surface area (Å²) >= 11 is 6.22. The lowest BCUT2D eigenvalue weighted by Gasteiger charge is -2.39. The highest BCUT2D eigenvalue weighted by molar-refractivity contribution is 7.90. The molecule has 1 aliphatic heterocycles. The lowest BCUT2D eigenvalue weighted by atomic mass is 9.93. The summed E-state index contributed by atoms with van der Waals surface area (Å²) in [7, 11) is -3.45. The molecule has 0 aliphatic carbocycles. The third-order valence-corrected chi connectivity index (χ3v) is 6.69. The van der Waals surface area contributed by atoms with Crippen LogP contribution in [-0.4, -0.2) is 32.5 Å². The Morgan fingerprint density at radius 1 is 1.24 bits per heavy atom. The lowest BCUT2D eigenvalue weighted by molar-refractivity contribution is -0.124. The highest BCUT2D eigenvalue weighted by Gasteiger charge is 2.39. The molecule has 0 bridgehead atoms. The number of nitrogens with one attached hydrogen (secondary N) is 1. The fourth-order valence-electron chi connectivity index (χ4n) is 3.45. The van der Waals surface area contributed by atoms with Crippen molar-refractivity contribution < 1.29 is 18.0 Å². The van der Waals surface area contributed by atoms with Crippen LogP contribution in [0, 0.1) is 5.92 Å². The molecule has 0 saturated heterocycles. The molecule has 0 spiro atoms. The van der Waals surface area contributed by atoms with E-state index in [0.717, 1.165) is 6.26 Å². The maximum atomic E-state index is 13.3. The van der Waals surface area contributed by atoms with E-state index in [1.807, 2.05) is 13.8 Å². The zero-order valence-electron chi connectivity index (χ0n) is 16.5. The van der Waals surface area contributed by atoms with E-state index >= 15 is 0 Å². The molecule has 6 nitrogen and oxygen atoms in total. The van der Waals surface area contributed by atoms with Gasteiger partial charge in [-0.05, 0) is 35.7 Å². The Morgan fingerprint density at radius 2 is 1.93 bits per heavy atom. The van der Waals surface area contributed by atoms with Gasteiger partial charge in [-0.15, -0.1) is 0 Å². The van der Waals surface area contributed by atoms with Crippen molar-refractivity contribution in [3.8, 4) is 0 Å². The van der Waals surface area contributed by atoms with Crippen LogP contribution in [0.4, 0.5) is 11.4 Å². The Bertz CT molecular complexity index is 1070. The quantitative estimate of drug-likeness (QED) is 0.777. The van der Waals surface area contributed by atoms with Crippen LogP contribution in [0.2, 0.25) is 5.02 Å². The molecule has 3 rings (SSSR count). The van der Waals surface area contributed by atoms with E-state index in [0.29, 0.717) is 28.4 Å². The van der Waals surface area contributed by atoms with Crippen LogP contribution >= 0.6 is 11.6 Å². The third-order valence-electron chi connectivity index (χ3n) is 5.21. The van der Waals surface area contributed by atoms with Gasteiger partial charge >= 0.3 is 0 Å². The minimum absolute atomic E-state index is 0.0349. The van der Waals surface area contributed by atoms with Crippen molar-refractivity contribution in [1.29, 1.82) is 0 Å². The average Bonchev–Trinajstić information content (AvgIpc) is 2.66. The second-order valence-electron chi connectivity index (χ2n) is 7.30. The fourth-order valence-corrected chi connectivity index (χ4v) is 4.29. The number of anilines is 2. The Hall–Kier alpha value is -2.38. The van der Waals surface area contributed by atoms with Gasteiger partial charge in [-0.3, -0.25) is 14.5 Å². The third kappa shape index (κ3) is 4.31. The molecule has 2 amide bonds. The van der Waals surface area contributed by atoms with Crippen LogP contribution in [0.1, 0.15) is 25.8 Å². The molecule has 29 heavy (non-hydrogen) atoms. The molecular formula is C21H23ClN2O4S. The van der Waals surface area contributed by atoms with Crippen molar-refractivity contribution in [3.63, 3.8) is 0 Å². The highest BCUT2D eigenvalue weighted by atomic mass is 35.5. The highest BCUT2D eigenvalue weighted by Crippen LogP contribution is 2.37. The Balaban J connectivity index is 2.08. The molecular weight excluding hydrogens is 412 g/mol. The summed E-state index contributed by atoms with van der Waals surface area (Å²) in [4.78, 5) is 27.7. The van der Waals surface area contributed by atoms with Gasteiger partial charge < -0.3 is 5.32 Å². The number of rotatable bonds is 5. The second kappa shape index (κ2) is 8.16. The van der Waals surface area contributed by atoms with Crippen molar-refractivity contribution in [2.24, 2.45) is 5.92 Å². The van der Waals surface area contributed by atoms with Crippen LogP contribution in [0.5, 0.6) is 0 Å². The average molecular weight is 435 g/mol. The number of hydrogen-bond acceptors (Lipinski definition) is 4. The minimum Gasteiger partial charge on any atom is -0.322 e. The smallest absolute Gasteiger partial charge is 0.247 e. The number of amides is 2. The van der Waals surface area contributed by atoms with Crippen LogP contribution in [0.25, 0.3) is 0 Å². The number of nitrogens with zero attached hydrogens (tertiary/aromatic N) is 1. The largest absolute Gasteiger partial charge is 0.322 e. The van der Waals surface area contributed by atoms with Gasteiger partial charge in [0, 0.05) is 11.3 Å². The number of hydrogen-bond donors (Lipinski definition) is 1. The van der Waals surface area contributed by atoms with Crippen LogP contribution in [-0.2, 0) is 25.8 Å². The number of carbonyl (C=O) groups excluding carboxylic acids is 2. The van der Waals surface area contributed by atoms with E-state index in [-0.39, 0.29) is 29.0 Å². The van der Waals surface area contributed by atoms with Gasteiger partial charge in [-0.25, -0.2) is 8.42 Å². The first-order valence-corrected chi connectivity index (χ1v) is 11.6. The maximum Gasteiger partial charge on any atom is 0.247 e. The molecule has 0 aromatic heterocycles. The summed E-state index contributed by atoms with van der Waals surface area (Å²) in [6.07, 6.45) is 1.83. The number of fused-ring (bicyclic) bond motifs is 1. The van der Waals surface area contributed by atoms with E-state index in [1.54, 1.807) is 30.3 Å². The number of sulfone groups is 1. The summed E-state index contributed by atoms with van der Waals surface area (Å²) < 4.78 is 23.8. The summed E-state index contributed by atoms with van der Waals surface area (Å²) in [5.74, 6) is -0.690. The molecule has 8 heteroatoms. The molecule has 1 aliphatic rings. The zero-order chi connectivity index (χ0) is 21.3. The fraction of sp³-hybridized carbons (Fsp3) is 0.333. The lowest BCUT2D eigenvalue weighted by Crippen LogP contribution is -2.54. The van der Waals surface area contributed by atoms with Crippen molar-refractivity contribution in [2.45, 2.75) is 37.6 Å². The molecule has 2 aromatic rings. The van der Waals surface area contributed by atoms with Crippen molar-refractivity contribution in [3.05, 3.63) is 53.1 Å². The molecule has 0 radical (unpaired) electrons. The topological polar surface area (TPSA) is 83.6 Å². The van der Waals surface area contributed by atoms with Gasteiger partial charge in [0.2, 0.25) is 11.8 Å². The SMILES string of the molecule is CC[C@H](C)[C@H]1C(=O)Nc2cc(S(C)(=O)=O)ccc2N1C(=O)Cc1ccccc1Cl. The predicted octanol–water partition coefficient (Wildman–Crippen LogP) is 3.69. The summed E-state index contributed by atoms with van der Waals surface area (Å²) in [5.41, 5.74) is 1.46. The standard InChI is InChI=1S/C21H23ClN2O4S/c1-4-13(2)20-21(26)23-17-12-15(29(3,27)28)9-10-18(17)24(20)19(25)11-14-7-5-6-8-16(14)22/h5-10,12-13,20H,4,11H2,1-3H3,(H,23,26)/t13-,20-/m0/s1. The molecule has 2 aromatic carbocycles. The first-order chi connectivity index (χ1) is 13.6. The summed E-state index contributed by atoms with van der Waals surface area (Å²) in [6.45, 7) is 3.87. The van der Waals surface area contributed by atoms with Gasteiger partial charge in [0.15, 0.2) is 9.84 Å². The molecule has 0 unspecified atom stereocenters. The van der Waals surface area contributed by atoms with Crippen molar-refractivity contribution in [2.75, 3.05) is 16.5 Å². The molecule has 2 atom stereocenters. The van der Waals surface area contributed by atoms with Gasteiger partial charge in [0.05, 0.1) is 22.7 Å². The van der Waals surface area contributed by atoms with Crippen molar-refractivity contribution in [1.82, 2.24) is 0 Å². The van der Waals surface area contributed by atoms with Crippen LogP contribution in [0.15, 0.2) is 47.4 Å².